The highest BCUT2D eigenvalue weighted by Crippen LogP contribution is 2.30. The van der Waals surface area contributed by atoms with Crippen LogP contribution in [0.5, 0.6) is 11.5 Å². The minimum Gasteiger partial charge on any atom is -0.508 e. The Morgan fingerprint density at radius 3 is 2.44 bits per heavy atom. The largest absolute Gasteiger partial charge is 0.508 e. The molecule has 3 nitrogen and oxygen atoms in total. The fourth-order valence-electron chi connectivity index (χ4n) is 1.92. The molecule has 0 bridgehead atoms. The summed E-state index contributed by atoms with van der Waals surface area (Å²) in [5, 5.41) is 19.5. The molecule has 1 rings (SSSR count). The van der Waals surface area contributed by atoms with Gasteiger partial charge < -0.3 is 10.2 Å². The van der Waals surface area contributed by atoms with E-state index >= 15 is 0 Å². The van der Waals surface area contributed by atoms with Gasteiger partial charge in [0, 0.05) is 12.5 Å². The second kappa shape index (κ2) is 6.43. The second-order valence-corrected chi connectivity index (χ2v) is 5.12. The molecular formula is C15H22O3. The predicted octanol–water partition coefficient (Wildman–Crippen LogP) is 3.67. The molecule has 0 saturated heterocycles. The molecule has 0 amide bonds. The van der Waals surface area contributed by atoms with Gasteiger partial charge in [-0.1, -0.05) is 27.2 Å². The van der Waals surface area contributed by atoms with Crippen molar-refractivity contribution in [2.24, 2.45) is 5.92 Å². The molecule has 18 heavy (non-hydrogen) atoms. The molecule has 100 valence electrons. The van der Waals surface area contributed by atoms with Crippen LogP contribution in [0.15, 0.2) is 12.1 Å². The molecular weight excluding hydrogens is 228 g/mol. The zero-order chi connectivity index (χ0) is 13.7. The van der Waals surface area contributed by atoms with Gasteiger partial charge >= 0.3 is 0 Å². The smallest absolute Gasteiger partial charge is 0.166 e. The van der Waals surface area contributed by atoms with Gasteiger partial charge in [-0.2, -0.15) is 0 Å². The summed E-state index contributed by atoms with van der Waals surface area (Å²) >= 11 is 0. The topological polar surface area (TPSA) is 57.5 Å². The van der Waals surface area contributed by atoms with Gasteiger partial charge in [0.2, 0.25) is 0 Å². The molecule has 0 heterocycles. The van der Waals surface area contributed by atoms with Gasteiger partial charge in [0.25, 0.3) is 0 Å². The fraction of sp³-hybridized carbons (Fsp3) is 0.533. The minimum absolute atomic E-state index is 0.0562. The number of unbranched alkanes of at least 4 members (excludes halogenated alkanes) is 1. The van der Waals surface area contributed by atoms with Gasteiger partial charge in [-0.05, 0) is 30.4 Å². The third-order valence-corrected chi connectivity index (χ3v) is 2.88. The van der Waals surface area contributed by atoms with Crippen molar-refractivity contribution in [2.45, 2.75) is 46.5 Å². The Bertz CT molecular complexity index is 422. The van der Waals surface area contributed by atoms with E-state index in [1.54, 1.807) is 6.07 Å². The highest BCUT2D eigenvalue weighted by atomic mass is 16.3. The fourth-order valence-corrected chi connectivity index (χ4v) is 1.92. The molecule has 1 aromatic carbocycles. The number of carbonyl (C=O) groups excluding carboxylic acids is 1. The summed E-state index contributed by atoms with van der Waals surface area (Å²) in [5.74, 6) is 0.271. The lowest BCUT2D eigenvalue weighted by molar-refractivity contribution is 0.0977. The van der Waals surface area contributed by atoms with Crippen LogP contribution < -0.4 is 0 Å². The van der Waals surface area contributed by atoms with Gasteiger partial charge in [0.05, 0.1) is 5.56 Å². The van der Waals surface area contributed by atoms with Gasteiger partial charge in [0.1, 0.15) is 11.5 Å². The monoisotopic (exact) mass is 250 g/mol. The zero-order valence-electron chi connectivity index (χ0n) is 11.4. The normalized spacial score (nSPS) is 10.9. The quantitative estimate of drug-likeness (QED) is 0.757. The lowest BCUT2D eigenvalue weighted by atomic mass is 9.96. The number of carbonyl (C=O) groups is 1. The van der Waals surface area contributed by atoms with E-state index in [4.69, 9.17) is 0 Å². The van der Waals surface area contributed by atoms with Crippen molar-refractivity contribution in [1.82, 2.24) is 0 Å². The molecule has 1 aromatic rings. The average Bonchev–Trinajstić information content (AvgIpc) is 2.29. The third kappa shape index (κ3) is 3.76. The second-order valence-electron chi connectivity index (χ2n) is 5.12. The number of ketones is 1. The van der Waals surface area contributed by atoms with Crippen LogP contribution in [0, 0.1) is 5.92 Å². The molecule has 0 aliphatic heterocycles. The first-order chi connectivity index (χ1) is 8.45. The first-order valence-electron chi connectivity index (χ1n) is 6.53. The Labute approximate surface area is 108 Å². The number of hydrogen-bond donors (Lipinski definition) is 2. The van der Waals surface area contributed by atoms with Crippen LogP contribution in [0.2, 0.25) is 0 Å². The molecule has 0 fully saturated rings. The Kier molecular flexibility index (Phi) is 5.20. The van der Waals surface area contributed by atoms with Crippen molar-refractivity contribution in [3.63, 3.8) is 0 Å². The van der Waals surface area contributed by atoms with Gasteiger partial charge in [-0.25, -0.2) is 0 Å². The highest BCUT2D eigenvalue weighted by molar-refractivity contribution is 5.99. The van der Waals surface area contributed by atoms with Gasteiger partial charge in [-0.3, -0.25) is 4.79 Å². The number of benzene rings is 1. The van der Waals surface area contributed by atoms with Crippen LogP contribution >= 0.6 is 0 Å². The van der Waals surface area contributed by atoms with Crippen molar-refractivity contribution >= 4 is 5.78 Å². The average molecular weight is 250 g/mol. The van der Waals surface area contributed by atoms with E-state index in [2.05, 4.69) is 0 Å². The zero-order valence-corrected chi connectivity index (χ0v) is 11.4. The van der Waals surface area contributed by atoms with E-state index in [1.807, 2.05) is 20.8 Å². The number of hydrogen-bond acceptors (Lipinski definition) is 3. The van der Waals surface area contributed by atoms with E-state index in [1.165, 1.54) is 6.07 Å². The maximum atomic E-state index is 11.9. The van der Waals surface area contributed by atoms with Gasteiger partial charge in [0.15, 0.2) is 5.78 Å². The standard InChI is InChI=1S/C15H22O3/c1-4-5-6-13(16)12-8-11(7-10(2)3)14(17)9-15(12)18/h8-10,17-18H,4-7H2,1-3H3. The SMILES string of the molecule is CCCCC(=O)c1cc(CC(C)C)c(O)cc1O. The molecule has 0 radical (unpaired) electrons. The van der Waals surface area contributed by atoms with Crippen LogP contribution in [0.3, 0.4) is 0 Å². The summed E-state index contributed by atoms with van der Waals surface area (Å²) in [6.07, 6.45) is 2.90. The number of aromatic hydroxyl groups is 2. The number of phenols is 2. The Hall–Kier alpha value is -1.51. The molecule has 0 saturated carbocycles. The molecule has 0 atom stereocenters. The maximum absolute atomic E-state index is 11.9. The number of rotatable bonds is 6. The molecule has 0 unspecified atom stereocenters. The van der Waals surface area contributed by atoms with Crippen LogP contribution in [-0.2, 0) is 6.42 Å². The summed E-state index contributed by atoms with van der Waals surface area (Å²) in [4.78, 5) is 11.9. The van der Waals surface area contributed by atoms with E-state index in [9.17, 15) is 15.0 Å². The predicted molar refractivity (Wildman–Crippen MR) is 72.2 cm³/mol. The van der Waals surface area contributed by atoms with E-state index in [0.717, 1.165) is 18.4 Å². The minimum atomic E-state index is -0.124. The van der Waals surface area contributed by atoms with E-state index < -0.39 is 0 Å². The number of phenolic OH excluding ortho intramolecular Hbond substituents is 2. The summed E-state index contributed by atoms with van der Waals surface area (Å²) in [5.41, 5.74) is 1.06. The third-order valence-electron chi connectivity index (χ3n) is 2.88. The molecule has 0 aliphatic carbocycles. The van der Waals surface area contributed by atoms with E-state index in [-0.39, 0.29) is 17.3 Å². The molecule has 3 heteroatoms. The summed E-state index contributed by atoms with van der Waals surface area (Å²) in [6.45, 7) is 6.11. The summed E-state index contributed by atoms with van der Waals surface area (Å²) < 4.78 is 0. The summed E-state index contributed by atoms with van der Waals surface area (Å²) in [7, 11) is 0. The Balaban J connectivity index is 3.00. The molecule has 0 aliphatic rings. The number of Topliss-reactive ketones (excluding diaryl/α,β-unsaturated/α-hetero) is 1. The Morgan fingerprint density at radius 2 is 1.89 bits per heavy atom. The Morgan fingerprint density at radius 1 is 1.22 bits per heavy atom. The van der Waals surface area contributed by atoms with Crippen LogP contribution in [0.1, 0.15) is 56.0 Å². The highest BCUT2D eigenvalue weighted by Gasteiger charge is 2.15. The summed E-state index contributed by atoms with van der Waals surface area (Å²) in [6, 6.07) is 2.90. The van der Waals surface area contributed by atoms with Crippen LogP contribution in [-0.4, -0.2) is 16.0 Å². The molecule has 0 spiro atoms. The molecule has 2 N–H and O–H groups in total. The first-order valence-corrected chi connectivity index (χ1v) is 6.53. The van der Waals surface area contributed by atoms with Crippen molar-refractivity contribution < 1.29 is 15.0 Å². The lowest BCUT2D eigenvalue weighted by Gasteiger charge is -2.11. The van der Waals surface area contributed by atoms with Gasteiger partial charge in [-0.15, -0.1) is 0 Å². The maximum Gasteiger partial charge on any atom is 0.166 e. The molecule has 0 aromatic heterocycles. The van der Waals surface area contributed by atoms with Crippen LogP contribution in [0.25, 0.3) is 0 Å². The van der Waals surface area contributed by atoms with Crippen LogP contribution in [0.4, 0.5) is 0 Å². The van der Waals surface area contributed by atoms with Crippen molar-refractivity contribution in [3.05, 3.63) is 23.3 Å². The lowest BCUT2D eigenvalue weighted by Crippen LogP contribution is -2.02. The first kappa shape index (κ1) is 14.6. The van der Waals surface area contributed by atoms with Crippen molar-refractivity contribution in [3.8, 4) is 11.5 Å². The van der Waals surface area contributed by atoms with E-state index in [0.29, 0.717) is 24.3 Å². The van der Waals surface area contributed by atoms with Crippen molar-refractivity contribution in [2.75, 3.05) is 0 Å². The van der Waals surface area contributed by atoms with Crippen molar-refractivity contribution in [1.29, 1.82) is 0 Å².